The third-order valence-corrected chi connectivity index (χ3v) is 10.7. The van der Waals surface area contributed by atoms with E-state index in [1.54, 1.807) is 0 Å². The van der Waals surface area contributed by atoms with Crippen LogP contribution in [0.15, 0.2) is 186 Å². The normalized spacial score (nSPS) is 11.3. The van der Waals surface area contributed by atoms with Crippen LogP contribution >= 0.6 is 27.5 Å². The zero-order valence-electron chi connectivity index (χ0n) is 30.3. The summed E-state index contributed by atoms with van der Waals surface area (Å²) >= 11 is 10.3. The summed E-state index contributed by atoms with van der Waals surface area (Å²) in [6, 6.07) is 61.7. The van der Waals surface area contributed by atoms with Crippen molar-refractivity contribution < 1.29 is 0 Å². The topological polar surface area (TPSA) is 69.4 Å². The maximum absolute atomic E-state index is 6.73. The van der Waals surface area contributed by atoms with Gasteiger partial charge in [0.05, 0.1) is 16.7 Å². The second kappa shape index (κ2) is 14.7. The van der Waals surface area contributed by atoms with Crippen molar-refractivity contribution in [1.82, 2.24) is 29.5 Å². The van der Waals surface area contributed by atoms with Crippen molar-refractivity contribution in [1.29, 1.82) is 0 Å². The molecule has 0 radical (unpaired) electrons. The van der Waals surface area contributed by atoms with E-state index in [0.29, 0.717) is 28.5 Å². The Kier molecular flexibility index (Phi) is 8.94. The summed E-state index contributed by atoms with van der Waals surface area (Å²) in [6.45, 7) is 0. The number of hydrogen-bond donors (Lipinski definition) is 0. The molecule has 8 heteroatoms. The van der Waals surface area contributed by atoms with Crippen LogP contribution in [0.4, 0.5) is 0 Å². The fourth-order valence-corrected chi connectivity index (χ4v) is 7.77. The van der Waals surface area contributed by atoms with Crippen LogP contribution in [-0.4, -0.2) is 29.5 Å². The molecule has 0 aliphatic carbocycles. The molecule has 3 heterocycles. The van der Waals surface area contributed by atoms with Crippen molar-refractivity contribution in [2.24, 2.45) is 0 Å². The molecule has 0 atom stereocenters. The summed E-state index contributed by atoms with van der Waals surface area (Å²) in [5.74, 6) is 2.35. The Morgan fingerprint density at radius 1 is 0.368 bits per heavy atom. The maximum atomic E-state index is 6.73. The quantitative estimate of drug-likeness (QED) is 0.150. The van der Waals surface area contributed by atoms with E-state index in [0.717, 1.165) is 65.8 Å². The average Bonchev–Trinajstić information content (AvgIpc) is 3.61. The molecule has 0 saturated carbocycles. The van der Waals surface area contributed by atoms with Gasteiger partial charge in [-0.2, -0.15) is 0 Å². The summed E-state index contributed by atoms with van der Waals surface area (Å²) in [4.78, 5) is 24.5. The molecule has 0 amide bonds. The highest BCUT2D eigenvalue weighted by molar-refractivity contribution is 9.10. The van der Waals surface area contributed by atoms with Crippen LogP contribution in [0.2, 0.25) is 5.15 Å². The van der Waals surface area contributed by atoms with Crippen LogP contribution in [0, 0.1) is 0 Å². The van der Waals surface area contributed by atoms with Gasteiger partial charge >= 0.3 is 0 Å². The Balaban J connectivity index is 1.01. The Hall–Kier alpha value is -6.80. The molecule has 0 fully saturated rings. The van der Waals surface area contributed by atoms with Crippen molar-refractivity contribution >= 4 is 49.3 Å². The minimum absolute atomic E-state index is 0.371. The molecule has 0 bridgehead atoms. The predicted octanol–water partition coefficient (Wildman–Crippen LogP) is 13.2. The lowest BCUT2D eigenvalue weighted by molar-refractivity contribution is 1.07. The van der Waals surface area contributed by atoms with Crippen LogP contribution < -0.4 is 0 Å². The summed E-state index contributed by atoms with van der Waals surface area (Å²) in [5.41, 5.74) is 10.6. The number of hydrogen-bond acceptors (Lipinski definition) is 5. The van der Waals surface area contributed by atoms with Gasteiger partial charge in [-0.3, -0.25) is 0 Å². The monoisotopic (exact) mass is 816 g/mol. The molecule has 57 heavy (non-hydrogen) atoms. The second-order valence-electron chi connectivity index (χ2n) is 13.7. The van der Waals surface area contributed by atoms with E-state index in [2.05, 4.69) is 123 Å². The van der Waals surface area contributed by atoms with Crippen molar-refractivity contribution in [2.45, 2.75) is 0 Å². The van der Waals surface area contributed by atoms with Gasteiger partial charge in [0.25, 0.3) is 0 Å². The van der Waals surface area contributed by atoms with Crippen LogP contribution in [0.25, 0.3) is 95.4 Å². The Morgan fingerprint density at radius 3 is 1.47 bits per heavy atom. The molecular weight excluding hydrogens is 788 g/mol. The smallest absolute Gasteiger partial charge is 0.164 e. The Morgan fingerprint density at radius 2 is 0.842 bits per heavy atom. The van der Waals surface area contributed by atoms with E-state index in [1.165, 1.54) is 10.8 Å². The van der Waals surface area contributed by atoms with Crippen molar-refractivity contribution in [3.05, 3.63) is 192 Å². The van der Waals surface area contributed by atoms with Crippen LogP contribution in [-0.2, 0) is 0 Å². The van der Waals surface area contributed by atoms with Gasteiger partial charge in [0, 0.05) is 54.8 Å². The first kappa shape index (κ1) is 34.7. The van der Waals surface area contributed by atoms with Gasteiger partial charge in [-0.1, -0.05) is 155 Å². The van der Waals surface area contributed by atoms with E-state index in [1.807, 2.05) is 84.9 Å². The largest absolute Gasteiger partial charge is 0.309 e. The number of aromatic nitrogens is 6. The van der Waals surface area contributed by atoms with E-state index >= 15 is 0 Å². The predicted molar refractivity (Wildman–Crippen MR) is 235 cm³/mol. The zero-order valence-corrected chi connectivity index (χ0v) is 32.6. The summed E-state index contributed by atoms with van der Waals surface area (Å²) in [6.07, 6.45) is 0. The minimum Gasteiger partial charge on any atom is -0.309 e. The third kappa shape index (κ3) is 6.77. The van der Waals surface area contributed by atoms with Crippen molar-refractivity contribution in [3.63, 3.8) is 0 Å². The Bertz CT molecular complexity index is 3050. The number of halogens is 2. The molecule has 10 aromatic rings. The standard InChI is InChI=1S/C49H30BrClN6/c50-38-25-23-32(24-26-38)47-54-46(31-11-2-1-3-12-31)55-49(56-47)37-17-9-14-34(28-37)33-13-8-16-36(27-33)48-52-42(30-45(51)53-48)35-15-10-18-39(29-35)57-43-21-6-4-19-40(43)41-20-5-7-22-44(41)57/h1-30H. The number of nitrogens with zero attached hydrogens (tertiary/aromatic N) is 6. The lowest BCUT2D eigenvalue weighted by Crippen LogP contribution is -2.00. The molecule has 0 aliphatic heterocycles. The summed E-state index contributed by atoms with van der Waals surface area (Å²) in [5, 5.41) is 2.80. The third-order valence-electron chi connectivity index (χ3n) is 10.0. The zero-order chi connectivity index (χ0) is 38.3. The van der Waals surface area contributed by atoms with Gasteiger partial charge in [0.15, 0.2) is 23.3 Å². The van der Waals surface area contributed by atoms with Crippen molar-refractivity contribution in [2.75, 3.05) is 0 Å². The molecule has 0 saturated heterocycles. The SMILES string of the molecule is Clc1cc(-c2cccc(-n3c4ccccc4c4ccccc43)c2)nc(-c2cccc(-c3cccc(-c4nc(-c5ccccc5)nc(-c5ccc(Br)cc5)n4)c3)c2)n1. The average molecular weight is 818 g/mol. The molecule has 0 spiro atoms. The van der Waals surface area contributed by atoms with Crippen LogP contribution in [0.3, 0.4) is 0 Å². The number of fused-ring (bicyclic) bond motifs is 3. The maximum Gasteiger partial charge on any atom is 0.164 e. The first-order valence-electron chi connectivity index (χ1n) is 18.5. The summed E-state index contributed by atoms with van der Waals surface area (Å²) < 4.78 is 3.29. The molecule has 7 aromatic carbocycles. The first-order valence-corrected chi connectivity index (χ1v) is 19.6. The Labute approximate surface area is 342 Å². The molecule has 0 unspecified atom stereocenters. The van der Waals surface area contributed by atoms with Gasteiger partial charge in [-0.25, -0.2) is 24.9 Å². The molecule has 0 aliphatic rings. The van der Waals surface area contributed by atoms with Crippen molar-refractivity contribution in [3.8, 4) is 73.6 Å². The van der Waals surface area contributed by atoms with Gasteiger partial charge in [0.1, 0.15) is 5.15 Å². The highest BCUT2D eigenvalue weighted by Crippen LogP contribution is 2.35. The lowest BCUT2D eigenvalue weighted by atomic mass is 10.0. The molecular formula is C49H30BrClN6. The fraction of sp³-hybridized carbons (Fsp3) is 0. The first-order chi connectivity index (χ1) is 28.0. The van der Waals surface area contributed by atoms with Gasteiger partial charge in [0.2, 0.25) is 0 Å². The van der Waals surface area contributed by atoms with E-state index in [-0.39, 0.29) is 0 Å². The number of benzene rings is 7. The van der Waals surface area contributed by atoms with Crippen LogP contribution in [0.5, 0.6) is 0 Å². The number of rotatable bonds is 7. The lowest BCUT2D eigenvalue weighted by Gasteiger charge is -2.12. The van der Waals surface area contributed by atoms with E-state index in [4.69, 9.17) is 31.5 Å². The highest BCUT2D eigenvalue weighted by atomic mass is 79.9. The molecule has 10 rings (SSSR count). The molecule has 270 valence electrons. The second-order valence-corrected chi connectivity index (χ2v) is 15.0. The fourth-order valence-electron chi connectivity index (χ4n) is 7.32. The van der Waals surface area contributed by atoms with Crippen LogP contribution in [0.1, 0.15) is 0 Å². The molecule has 0 N–H and O–H groups in total. The minimum atomic E-state index is 0.371. The van der Waals surface area contributed by atoms with E-state index in [9.17, 15) is 0 Å². The van der Waals surface area contributed by atoms with Gasteiger partial charge in [-0.15, -0.1) is 0 Å². The van der Waals surface area contributed by atoms with Gasteiger partial charge < -0.3 is 4.57 Å². The van der Waals surface area contributed by atoms with E-state index < -0.39 is 0 Å². The molecule has 3 aromatic heterocycles. The highest BCUT2D eigenvalue weighted by Gasteiger charge is 2.16. The number of para-hydroxylation sites is 2. The summed E-state index contributed by atoms with van der Waals surface area (Å²) in [7, 11) is 0. The molecule has 6 nitrogen and oxygen atoms in total. The van der Waals surface area contributed by atoms with Gasteiger partial charge in [-0.05, 0) is 59.7 Å².